The average Bonchev–Trinajstić information content (AvgIpc) is 2.67. The number of halogens is 6. The number of rotatable bonds is 6. The maximum absolute atomic E-state index is 13.3. The number of nitrogens with two attached hydrogens (primary N) is 1. The largest absolute Gasteiger partial charge is 0.573 e. The van der Waals surface area contributed by atoms with Crippen LogP contribution >= 0.6 is 11.8 Å². The number of carbonyl (C=O) groups excluding carboxylic acids is 2. The van der Waals surface area contributed by atoms with Crippen LogP contribution in [-0.2, 0) is 11.0 Å². The molecule has 0 aliphatic carbocycles. The Balaban J connectivity index is 2.55. The summed E-state index contributed by atoms with van der Waals surface area (Å²) in [6, 6.07) is 6.50. The second kappa shape index (κ2) is 9.65. The van der Waals surface area contributed by atoms with Crippen molar-refractivity contribution in [2.24, 2.45) is 5.73 Å². The number of carbonyl (C=O) groups is 2. The summed E-state index contributed by atoms with van der Waals surface area (Å²) in [7, 11) is 0. The Morgan fingerprint density at radius 3 is 2.22 bits per heavy atom. The topological polar surface area (TPSA) is 102 Å². The van der Waals surface area contributed by atoms with Crippen LogP contribution in [0.5, 0.6) is 17.2 Å². The van der Waals surface area contributed by atoms with Crippen molar-refractivity contribution >= 4 is 29.4 Å². The fourth-order valence-electron chi connectivity index (χ4n) is 2.30. The second-order valence-corrected chi connectivity index (χ2v) is 6.84. The highest BCUT2D eigenvalue weighted by molar-refractivity contribution is 8.17. The van der Waals surface area contributed by atoms with Crippen LogP contribution in [0.15, 0.2) is 41.3 Å². The quantitative estimate of drug-likeness (QED) is 0.330. The first-order valence-electron chi connectivity index (χ1n) is 8.15. The zero-order valence-corrected chi connectivity index (χ0v) is 16.3. The maximum atomic E-state index is 13.3. The standard InChI is InChI=1S/C19H10F6N2O4S/c20-18(21,22)13-6-11(8-26)2-3-14(13)30-15-4-1-10(5-12(9-28)32-17(27)29)7-16(15)31-19(23,24)25/h1-7,9H,(H2,27,29)/b12-5-. The fraction of sp³-hybridized carbons (Fsp3) is 0.105. The van der Waals surface area contributed by atoms with E-state index in [0.29, 0.717) is 17.8 Å². The molecular formula is C19H10F6N2O4S. The molecule has 0 bridgehead atoms. The van der Waals surface area contributed by atoms with Gasteiger partial charge in [0, 0.05) is 0 Å². The molecule has 2 rings (SSSR count). The number of amides is 1. The number of ether oxygens (including phenoxy) is 2. The van der Waals surface area contributed by atoms with E-state index in [4.69, 9.17) is 15.7 Å². The van der Waals surface area contributed by atoms with Crippen LogP contribution in [-0.4, -0.2) is 17.9 Å². The molecule has 0 fully saturated rings. The molecule has 0 aliphatic rings. The molecule has 0 atom stereocenters. The summed E-state index contributed by atoms with van der Waals surface area (Å²) in [6.07, 6.45) is -8.96. The van der Waals surface area contributed by atoms with Crippen molar-refractivity contribution in [3.8, 4) is 23.3 Å². The van der Waals surface area contributed by atoms with Gasteiger partial charge in [0.15, 0.2) is 17.8 Å². The molecule has 6 nitrogen and oxygen atoms in total. The zero-order chi connectivity index (χ0) is 24.1. The Morgan fingerprint density at radius 1 is 1.03 bits per heavy atom. The van der Waals surface area contributed by atoms with Gasteiger partial charge in [-0.15, -0.1) is 13.2 Å². The molecule has 0 aromatic heterocycles. The predicted octanol–water partition coefficient (Wildman–Crippen LogP) is 5.62. The van der Waals surface area contributed by atoms with Crippen LogP contribution in [0.4, 0.5) is 31.1 Å². The van der Waals surface area contributed by atoms with Gasteiger partial charge in [-0.3, -0.25) is 9.59 Å². The Hall–Kier alpha value is -3.66. The van der Waals surface area contributed by atoms with E-state index >= 15 is 0 Å². The van der Waals surface area contributed by atoms with Gasteiger partial charge in [0.2, 0.25) is 0 Å². The summed E-state index contributed by atoms with van der Waals surface area (Å²) < 4.78 is 87.3. The van der Waals surface area contributed by atoms with Crippen LogP contribution < -0.4 is 15.2 Å². The fourth-order valence-corrected chi connectivity index (χ4v) is 2.78. The molecule has 0 saturated carbocycles. The number of nitriles is 1. The SMILES string of the molecule is N#Cc1ccc(Oc2ccc(/C=C(/C=O)SC(N)=O)cc2OC(F)(F)F)c(C(F)(F)F)c1. The van der Waals surface area contributed by atoms with E-state index in [2.05, 4.69) is 4.74 Å². The van der Waals surface area contributed by atoms with Crippen LogP contribution in [0.2, 0.25) is 0 Å². The number of hydrogen-bond donors (Lipinski definition) is 1. The summed E-state index contributed by atoms with van der Waals surface area (Å²) in [5.74, 6) is -2.62. The lowest BCUT2D eigenvalue weighted by Crippen LogP contribution is -2.17. The van der Waals surface area contributed by atoms with Gasteiger partial charge < -0.3 is 15.2 Å². The monoisotopic (exact) mass is 476 g/mol. The predicted molar refractivity (Wildman–Crippen MR) is 101 cm³/mol. The van der Waals surface area contributed by atoms with E-state index < -0.39 is 40.6 Å². The third-order valence-corrected chi connectivity index (χ3v) is 4.12. The molecule has 0 saturated heterocycles. The normalized spacial score (nSPS) is 12.1. The third kappa shape index (κ3) is 6.95. The minimum atomic E-state index is -5.23. The highest BCUT2D eigenvalue weighted by atomic mass is 32.2. The minimum absolute atomic E-state index is 0.0664. The summed E-state index contributed by atoms with van der Waals surface area (Å²) >= 11 is 0.315. The molecule has 0 radical (unpaired) electrons. The third-order valence-electron chi connectivity index (χ3n) is 3.47. The highest BCUT2D eigenvalue weighted by Crippen LogP contribution is 2.42. The van der Waals surface area contributed by atoms with Gasteiger partial charge in [0.25, 0.3) is 5.24 Å². The number of nitrogens with zero attached hydrogens (tertiary/aromatic N) is 1. The molecule has 0 unspecified atom stereocenters. The van der Waals surface area contributed by atoms with Crippen molar-refractivity contribution in [3.63, 3.8) is 0 Å². The van der Waals surface area contributed by atoms with E-state index in [9.17, 15) is 35.9 Å². The number of aldehydes is 1. The number of benzene rings is 2. The summed E-state index contributed by atoms with van der Waals surface area (Å²) in [5, 5.41) is 7.84. The Bertz CT molecular complexity index is 1110. The van der Waals surface area contributed by atoms with Crippen molar-refractivity contribution in [1.82, 2.24) is 0 Å². The average molecular weight is 476 g/mol. The smallest absolute Gasteiger partial charge is 0.453 e. The Kier molecular flexibility index (Phi) is 7.42. The zero-order valence-electron chi connectivity index (χ0n) is 15.5. The molecular weight excluding hydrogens is 466 g/mol. The van der Waals surface area contributed by atoms with Gasteiger partial charge in [-0.05, 0) is 53.7 Å². The van der Waals surface area contributed by atoms with Crippen molar-refractivity contribution in [1.29, 1.82) is 5.26 Å². The van der Waals surface area contributed by atoms with Crippen LogP contribution in [0.25, 0.3) is 6.08 Å². The summed E-state index contributed by atoms with van der Waals surface area (Å²) in [6.45, 7) is 0. The second-order valence-electron chi connectivity index (χ2n) is 5.76. The number of primary amides is 1. The van der Waals surface area contributed by atoms with Crippen molar-refractivity contribution < 1.29 is 45.4 Å². The van der Waals surface area contributed by atoms with Gasteiger partial charge in [-0.25, -0.2) is 0 Å². The van der Waals surface area contributed by atoms with E-state index in [0.717, 1.165) is 36.4 Å². The van der Waals surface area contributed by atoms with Crippen molar-refractivity contribution in [2.45, 2.75) is 12.5 Å². The lowest BCUT2D eigenvalue weighted by Gasteiger charge is -2.17. The first kappa shape index (κ1) is 24.6. The number of hydrogen-bond acceptors (Lipinski definition) is 6. The van der Waals surface area contributed by atoms with Gasteiger partial charge in [-0.2, -0.15) is 18.4 Å². The first-order chi connectivity index (χ1) is 14.8. The molecule has 13 heteroatoms. The first-order valence-corrected chi connectivity index (χ1v) is 8.97. The van der Waals surface area contributed by atoms with Crippen molar-refractivity contribution in [3.05, 3.63) is 58.0 Å². The molecule has 0 aliphatic heterocycles. The van der Waals surface area contributed by atoms with Crippen LogP contribution in [0.3, 0.4) is 0 Å². The molecule has 2 N–H and O–H groups in total. The van der Waals surface area contributed by atoms with Crippen LogP contribution in [0, 0.1) is 11.3 Å². The number of thioether (sulfide) groups is 1. The highest BCUT2D eigenvalue weighted by Gasteiger charge is 2.36. The van der Waals surface area contributed by atoms with Gasteiger partial charge in [0.05, 0.1) is 22.1 Å². The molecule has 2 aromatic carbocycles. The number of alkyl halides is 6. The van der Waals surface area contributed by atoms with Crippen molar-refractivity contribution in [2.75, 3.05) is 0 Å². The molecule has 32 heavy (non-hydrogen) atoms. The molecule has 1 amide bonds. The van der Waals surface area contributed by atoms with E-state index in [1.165, 1.54) is 6.07 Å². The summed E-state index contributed by atoms with van der Waals surface area (Å²) in [5.41, 5.74) is 3.14. The van der Waals surface area contributed by atoms with Crippen LogP contribution in [0.1, 0.15) is 16.7 Å². The lowest BCUT2D eigenvalue weighted by molar-refractivity contribution is -0.275. The van der Waals surface area contributed by atoms with Gasteiger partial charge in [-0.1, -0.05) is 6.07 Å². The minimum Gasteiger partial charge on any atom is -0.453 e. The van der Waals surface area contributed by atoms with Gasteiger partial charge in [0.1, 0.15) is 5.75 Å². The maximum Gasteiger partial charge on any atom is 0.573 e. The summed E-state index contributed by atoms with van der Waals surface area (Å²) in [4.78, 5) is 21.7. The Morgan fingerprint density at radius 2 is 1.69 bits per heavy atom. The molecule has 0 spiro atoms. The molecule has 168 valence electrons. The lowest BCUT2D eigenvalue weighted by atomic mass is 10.1. The van der Waals surface area contributed by atoms with Gasteiger partial charge >= 0.3 is 12.5 Å². The van der Waals surface area contributed by atoms with E-state index in [-0.39, 0.29) is 22.3 Å². The molecule has 2 aromatic rings. The number of allylic oxidation sites excluding steroid dienone is 1. The van der Waals surface area contributed by atoms with E-state index in [1.54, 1.807) is 0 Å². The molecule has 0 heterocycles. The van der Waals surface area contributed by atoms with E-state index in [1.807, 2.05) is 0 Å². The Labute approximate surface area is 180 Å².